The Labute approximate surface area is 163 Å². The van der Waals surface area contributed by atoms with Crippen LogP contribution in [-0.4, -0.2) is 35.4 Å². The van der Waals surface area contributed by atoms with E-state index in [2.05, 4.69) is 0 Å². The zero-order chi connectivity index (χ0) is 19.6. The molecule has 0 bridgehead atoms. The number of carbonyl (C=O) groups is 2. The molecule has 0 unspecified atom stereocenters. The summed E-state index contributed by atoms with van der Waals surface area (Å²) in [5.74, 6) is -0.674. The quantitative estimate of drug-likeness (QED) is 0.377. The highest BCUT2D eigenvalue weighted by Crippen LogP contribution is 2.26. The molecular weight excluding hydrogens is 344 g/mol. The summed E-state index contributed by atoms with van der Waals surface area (Å²) in [4.78, 5) is 23.1. The Morgan fingerprint density at radius 3 is 1.89 bits per heavy atom. The maximum Gasteiger partial charge on any atom is 0.334 e. The lowest BCUT2D eigenvalue weighted by atomic mass is 9.95. The summed E-state index contributed by atoms with van der Waals surface area (Å²) in [6, 6.07) is 0. The molecule has 27 heavy (non-hydrogen) atoms. The Bertz CT molecular complexity index is 513. The van der Waals surface area contributed by atoms with Gasteiger partial charge >= 0.3 is 11.9 Å². The molecule has 0 radical (unpaired) electrons. The van der Waals surface area contributed by atoms with Crippen molar-refractivity contribution >= 4 is 11.9 Å². The number of hydrogen-bond acceptors (Lipinski definition) is 5. The molecule has 2 aliphatic heterocycles. The molecule has 0 spiro atoms. The Hall–Kier alpha value is -1.36. The van der Waals surface area contributed by atoms with E-state index in [1.165, 1.54) is 44.9 Å². The summed E-state index contributed by atoms with van der Waals surface area (Å²) in [5.41, 5.74) is 0.857. The predicted octanol–water partition coefficient (Wildman–Crippen LogP) is 4.46. The standard InChI is InChI=1S/C22H36O5/c1-16-15-18(21(24)26-16)13-11-9-7-5-3-4-6-8-10-12-14-19-20(23)17(2)27-22(19)25/h15-17,19-20,23H,3-14H2,1-2H3/t16-,17-,19-,20-/m0/s1. The molecule has 2 heterocycles. The van der Waals surface area contributed by atoms with Gasteiger partial charge in [0.15, 0.2) is 0 Å². The van der Waals surface area contributed by atoms with Crippen LogP contribution in [0.1, 0.15) is 90.9 Å². The smallest absolute Gasteiger partial charge is 0.334 e. The van der Waals surface area contributed by atoms with Crippen molar-refractivity contribution in [2.24, 2.45) is 5.92 Å². The lowest BCUT2D eigenvalue weighted by Crippen LogP contribution is -2.24. The number of cyclic esters (lactones) is 2. The maximum atomic E-state index is 11.6. The third kappa shape index (κ3) is 7.28. The zero-order valence-electron chi connectivity index (χ0n) is 17.0. The van der Waals surface area contributed by atoms with E-state index in [9.17, 15) is 14.7 Å². The Morgan fingerprint density at radius 2 is 1.41 bits per heavy atom. The fourth-order valence-corrected chi connectivity index (χ4v) is 4.00. The third-order valence-electron chi connectivity index (χ3n) is 5.70. The average molecular weight is 381 g/mol. The summed E-state index contributed by atoms with van der Waals surface area (Å²) >= 11 is 0. The van der Waals surface area contributed by atoms with Crippen LogP contribution >= 0.6 is 0 Å². The third-order valence-corrected chi connectivity index (χ3v) is 5.70. The van der Waals surface area contributed by atoms with E-state index in [0.29, 0.717) is 0 Å². The molecule has 0 aliphatic carbocycles. The first-order chi connectivity index (χ1) is 13.0. The van der Waals surface area contributed by atoms with Gasteiger partial charge in [-0.15, -0.1) is 0 Å². The summed E-state index contributed by atoms with van der Waals surface area (Å²) in [7, 11) is 0. The first-order valence-electron chi connectivity index (χ1n) is 10.8. The van der Waals surface area contributed by atoms with E-state index in [0.717, 1.165) is 37.7 Å². The molecule has 0 saturated carbocycles. The molecule has 0 aromatic rings. The number of unbranched alkanes of at least 4 members (excludes halogenated alkanes) is 9. The highest BCUT2D eigenvalue weighted by Gasteiger charge is 2.40. The number of aliphatic hydroxyl groups excluding tert-OH is 1. The summed E-state index contributed by atoms with van der Waals surface area (Å²) < 4.78 is 10.2. The first-order valence-corrected chi connectivity index (χ1v) is 10.8. The molecule has 2 aliphatic rings. The van der Waals surface area contributed by atoms with Crippen LogP contribution in [0, 0.1) is 5.92 Å². The molecule has 4 atom stereocenters. The van der Waals surface area contributed by atoms with Crippen LogP contribution in [0.2, 0.25) is 0 Å². The van der Waals surface area contributed by atoms with Gasteiger partial charge in [0, 0.05) is 5.57 Å². The van der Waals surface area contributed by atoms with Gasteiger partial charge < -0.3 is 14.6 Å². The van der Waals surface area contributed by atoms with Gasteiger partial charge in [0.2, 0.25) is 0 Å². The second-order valence-electron chi connectivity index (χ2n) is 8.12. The van der Waals surface area contributed by atoms with E-state index in [1.54, 1.807) is 6.92 Å². The van der Waals surface area contributed by atoms with Crippen molar-refractivity contribution in [2.75, 3.05) is 0 Å². The molecule has 0 amide bonds. The van der Waals surface area contributed by atoms with E-state index in [-0.39, 0.29) is 30.1 Å². The topological polar surface area (TPSA) is 72.8 Å². The van der Waals surface area contributed by atoms with Gasteiger partial charge in [-0.2, -0.15) is 0 Å². The van der Waals surface area contributed by atoms with Gasteiger partial charge in [0.25, 0.3) is 0 Å². The number of carbonyl (C=O) groups excluding carboxylic acids is 2. The monoisotopic (exact) mass is 380 g/mol. The number of ether oxygens (including phenoxy) is 2. The van der Waals surface area contributed by atoms with Gasteiger partial charge in [0.05, 0.1) is 5.92 Å². The lowest BCUT2D eigenvalue weighted by molar-refractivity contribution is -0.144. The highest BCUT2D eigenvalue weighted by molar-refractivity contribution is 5.90. The number of hydrogen-bond donors (Lipinski definition) is 1. The van der Waals surface area contributed by atoms with Crippen LogP contribution in [0.5, 0.6) is 0 Å². The Morgan fingerprint density at radius 1 is 0.852 bits per heavy atom. The highest BCUT2D eigenvalue weighted by atomic mass is 16.6. The molecular formula is C22H36O5. The van der Waals surface area contributed by atoms with Crippen LogP contribution in [0.25, 0.3) is 0 Å². The van der Waals surface area contributed by atoms with Crippen molar-refractivity contribution in [2.45, 2.75) is 109 Å². The van der Waals surface area contributed by atoms with Crippen molar-refractivity contribution < 1.29 is 24.2 Å². The second-order valence-corrected chi connectivity index (χ2v) is 8.12. The largest absolute Gasteiger partial charge is 0.460 e. The maximum absolute atomic E-state index is 11.6. The zero-order valence-corrected chi connectivity index (χ0v) is 17.0. The van der Waals surface area contributed by atoms with E-state index >= 15 is 0 Å². The van der Waals surface area contributed by atoms with Crippen LogP contribution in [0.3, 0.4) is 0 Å². The van der Waals surface area contributed by atoms with Gasteiger partial charge in [-0.1, -0.05) is 57.8 Å². The van der Waals surface area contributed by atoms with Crippen molar-refractivity contribution in [3.63, 3.8) is 0 Å². The van der Waals surface area contributed by atoms with Crippen LogP contribution in [-0.2, 0) is 19.1 Å². The van der Waals surface area contributed by atoms with E-state index in [4.69, 9.17) is 9.47 Å². The van der Waals surface area contributed by atoms with Crippen molar-refractivity contribution in [3.05, 3.63) is 11.6 Å². The minimum atomic E-state index is -0.628. The molecule has 1 fully saturated rings. The molecule has 5 nitrogen and oxygen atoms in total. The molecule has 1 N–H and O–H groups in total. The Balaban J connectivity index is 1.35. The van der Waals surface area contributed by atoms with Crippen LogP contribution in [0.4, 0.5) is 0 Å². The lowest BCUT2D eigenvalue weighted by Gasteiger charge is -2.11. The summed E-state index contributed by atoms with van der Waals surface area (Å²) in [6.45, 7) is 3.65. The fraction of sp³-hybridized carbons (Fsp3) is 0.818. The molecule has 0 aromatic carbocycles. The first kappa shape index (κ1) is 21.9. The van der Waals surface area contributed by atoms with Crippen molar-refractivity contribution in [1.29, 1.82) is 0 Å². The van der Waals surface area contributed by atoms with Gasteiger partial charge in [-0.3, -0.25) is 4.79 Å². The molecule has 154 valence electrons. The summed E-state index contributed by atoms with van der Waals surface area (Å²) in [6.07, 6.45) is 14.3. The fourth-order valence-electron chi connectivity index (χ4n) is 4.00. The van der Waals surface area contributed by atoms with Gasteiger partial charge in [0.1, 0.15) is 18.3 Å². The van der Waals surface area contributed by atoms with E-state index in [1.807, 2.05) is 13.0 Å². The van der Waals surface area contributed by atoms with Gasteiger partial charge in [-0.25, -0.2) is 4.79 Å². The minimum absolute atomic E-state index is 0.0480. The summed E-state index contributed by atoms with van der Waals surface area (Å²) in [5, 5.41) is 9.90. The number of esters is 2. The van der Waals surface area contributed by atoms with E-state index < -0.39 is 6.10 Å². The average Bonchev–Trinajstić information content (AvgIpc) is 3.07. The molecule has 0 aromatic heterocycles. The molecule has 5 heteroatoms. The number of aliphatic hydroxyl groups is 1. The normalized spacial score (nSPS) is 27.6. The molecule has 2 rings (SSSR count). The van der Waals surface area contributed by atoms with Crippen LogP contribution in [0.15, 0.2) is 11.6 Å². The SMILES string of the molecule is C[C@@H]1OC(=O)[C@@H](CCCCCCCCCCCCC2=C[C@H](C)OC2=O)[C@H]1O. The Kier molecular flexibility index (Phi) is 9.32. The second kappa shape index (κ2) is 11.5. The van der Waals surface area contributed by atoms with Crippen molar-refractivity contribution in [3.8, 4) is 0 Å². The van der Waals surface area contributed by atoms with Crippen LogP contribution < -0.4 is 0 Å². The predicted molar refractivity (Wildman–Crippen MR) is 104 cm³/mol. The van der Waals surface area contributed by atoms with Gasteiger partial charge in [-0.05, 0) is 39.2 Å². The minimum Gasteiger partial charge on any atom is -0.460 e. The van der Waals surface area contributed by atoms with Crippen molar-refractivity contribution in [1.82, 2.24) is 0 Å². The number of rotatable bonds is 13. The molecule has 1 saturated heterocycles.